The lowest BCUT2D eigenvalue weighted by molar-refractivity contribution is -0.118. The van der Waals surface area contributed by atoms with Crippen LogP contribution in [0.1, 0.15) is 17.3 Å². The van der Waals surface area contributed by atoms with E-state index >= 15 is 0 Å². The summed E-state index contributed by atoms with van der Waals surface area (Å²) in [5, 5.41) is 5.45. The Morgan fingerprint density at radius 2 is 2.16 bits per heavy atom. The number of para-hydroxylation sites is 1. The lowest BCUT2D eigenvalue weighted by Gasteiger charge is -2.21. The van der Waals surface area contributed by atoms with E-state index in [-0.39, 0.29) is 36.9 Å². The fourth-order valence-electron chi connectivity index (χ4n) is 2.41. The molecule has 2 aromatic carbocycles. The van der Waals surface area contributed by atoms with Crippen molar-refractivity contribution < 1.29 is 23.5 Å². The first kappa shape index (κ1) is 16.8. The number of carbonyl (C=O) groups excluding carboxylic acids is 2. The molecule has 1 heterocycles. The Morgan fingerprint density at radius 1 is 1.36 bits per heavy atom. The van der Waals surface area contributed by atoms with Gasteiger partial charge in [0.15, 0.2) is 12.4 Å². The molecule has 0 bridgehead atoms. The van der Waals surface area contributed by atoms with Crippen LogP contribution in [-0.2, 0) is 4.79 Å². The number of fused-ring (bicyclic) bond motifs is 1. The summed E-state index contributed by atoms with van der Waals surface area (Å²) in [6.45, 7) is 1.83. The van der Waals surface area contributed by atoms with E-state index in [2.05, 4.69) is 10.6 Å². The van der Waals surface area contributed by atoms with Gasteiger partial charge in [0.2, 0.25) is 0 Å². The van der Waals surface area contributed by atoms with Gasteiger partial charge < -0.3 is 20.1 Å². The van der Waals surface area contributed by atoms with E-state index in [1.165, 1.54) is 12.1 Å². The average molecular weight is 344 g/mol. The average Bonchev–Trinajstić information content (AvgIpc) is 2.59. The van der Waals surface area contributed by atoms with Gasteiger partial charge in [-0.1, -0.05) is 12.1 Å². The predicted octanol–water partition coefficient (Wildman–Crippen LogP) is 2.35. The van der Waals surface area contributed by atoms with Crippen molar-refractivity contribution in [2.24, 2.45) is 0 Å². The zero-order valence-electron chi connectivity index (χ0n) is 13.5. The molecule has 3 rings (SSSR count). The summed E-state index contributed by atoms with van der Waals surface area (Å²) in [7, 11) is 0. The zero-order chi connectivity index (χ0) is 17.8. The molecule has 0 spiro atoms. The van der Waals surface area contributed by atoms with Crippen molar-refractivity contribution in [2.75, 3.05) is 18.5 Å². The van der Waals surface area contributed by atoms with Crippen molar-refractivity contribution >= 4 is 17.5 Å². The molecule has 1 unspecified atom stereocenters. The number of benzene rings is 2. The molecule has 2 aromatic rings. The molecule has 0 aliphatic carbocycles. The Labute approximate surface area is 143 Å². The summed E-state index contributed by atoms with van der Waals surface area (Å²) in [6.07, 6.45) is 0. The maximum Gasteiger partial charge on any atom is 0.262 e. The van der Waals surface area contributed by atoms with Gasteiger partial charge in [0.25, 0.3) is 11.8 Å². The van der Waals surface area contributed by atoms with Crippen LogP contribution in [0.2, 0.25) is 0 Å². The van der Waals surface area contributed by atoms with Crippen LogP contribution in [0, 0.1) is 5.82 Å². The molecule has 0 saturated carbocycles. The number of nitrogens with one attached hydrogen (secondary N) is 2. The number of ether oxygens (including phenoxy) is 2. The molecule has 0 aromatic heterocycles. The van der Waals surface area contributed by atoms with Crippen LogP contribution in [0.25, 0.3) is 0 Å². The number of carbonyl (C=O) groups is 2. The molecule has 6 nitrogen and oxygen atoms in total. The quantitative estimate of drug-likeness (QED) is 0.873. The van der Waals surface area contributed by atoms with E-state index in [9.17, 15) is 14.0 Å². The maximum atomic E-state index is 13.1. The summed E-state index contributed by atoms with van der Waals surface area (Å²) in [4.78, 5) is 23.8. The van der Waals surface area contributed by atoms with Gasteiger partial charge in [0.05, 0.1) is 17.3 Å². The van der Waals surface area contributed by atoms with Crippen molar-refractivity contribution in [3.63, 3.8) is 0 Å². The molecule has 1 atom stereocenters. The number of hydrogen-bond acceptors (Lipinski definition) is 4. The first-order valence-corrected chi connectivity index (χ1v) is 7.78. The molecule has 1 aliphatic heterocycles. The van der Waals surface area contributed by atoms with Crippen molar-refractivity contribution in [3.05, 3.63) is 53.8 Å². The van der Waals surface area contributed by atoms with Crippen LogP contribution in [0.15, 0.2) is 42.5 Å². The van der Waals surface area contributed by atoms with Gasteiger partial charge in [-0.2, -0.15) is 0 Å². The Bertz CT molecular complexity index is 809. The minimum absolute atomic E-state index is 0.129. The highest BCUT2D eigenvalue weighted by Gasteiger charge is 2.23. The molecular formula is C18H17FN2O4. The normalized spacial score (nSPS) is 13.9. The maximum absolute atomic E-state index is 13.1. The minimum Gasteiger partial charge on any atom is -0.491 e. The molecule has 1 aliphatic rings. The van der Waals surface area contributed by atoms with Crippen LogP contribution >= 0.6 is 0 Å². The molecule has 0 saturated heterocycles. The highest BCUT2D eigenvalue weighted by molar-refractivity contribution is 6.03. The topological polar surface area (TPSA) is 76.7 Å². The standard InChI is InChI=1S/C18H17FN2O4/c1-11(9-24-13-5-2-4-12(19)8-13)20-18(23)14-6-3-7-15-17(14)25-10-16(22)21-15/h2-8,11H,9-10H2,1H3,(H,20,23)(H,21,22). The summed E-state index contributed by atoms with van der Waals surface area (Å²) in [5.74, 6) is -0.253. The fourth-order valence-corrected chi connectivity index (χ4v) is 2.41. The number of anilines is 1. The summed E-state index contributed by atoms with van der Waals surface area (Å²) in [5.41, 5.74) is 0.794. The lowest BCUT2D eigenvalue weighted by atomic mass is 10.1. The van der Waals surface area contributed by atoms with Crippen molar-refractivity contribution in [2.45, 2.75) is 13.0 Å². The Balaban J connectivity index is 1.62. The molecule has 130 valence electrons. The second kappa shape index (κ2) is 7.21. The van der Waals surface area contributed by atoms with Gasteiger partial charge in [0.1, 0.15) is 18.2 Å². The number of rotatable bonds is 5. The van der Waals surface area contributed by atoms with E-state index < -0.39 is 0 Å². The predicted molar refractivity (Wildman–Crippen MR) is 89.4 cm³/mol. The molecule has 0 fully saturated rings. The smallest absolute Gasteiger partial charge is 0.262 e. The summed E-state index contributed by atoms with van der Waals surface area (Å²) >= 11 is 0. The molecule has 2 N–H and O–H groups in total. The largest absolute Gasteiger partial charge is 0.491 e. The van der Waals surface area contributed by atoms with Gasteiger partial charge >= 0.3 is 0 Å². The van der Waals surface area contributed by atoms with Gasteiger partial charge in [-0.05, 0) is 31.2 Å². The van der Waals surface area contributed by atoms with Crippen molar-refractivity contribution in [1.82, 2.24) is 5.32 Å². The Morgan fingerprint density at radius 3 is 2.96 bits per heavy atom. The van der Waals surface area contributed by atoms with Crippen LogP contribution < -0.4 is 20.1 Å². The second-order valence-electron chi connectivity index (χ2n) is 5.66. The van der Waals surface area contributed by atoms with Crippen LogP contribution in [0.5, 0.6) is 11.5 Å². The number of halogens is 1. The van der Waals surface area contributed by atoms with Crippen molar-refractivity contribution in [3.8, 4) is 11.5 Å². The third-order valence-corrected chi connectivity index (χ3v) is 3.55. The highest BCUT2D eigenvalue weighted by Crippen LogP contribution is 2.31. The molecule has 7 heteroatoms. The second-order valence-corrected chi connectivity index (χ2v) is 5.66. The fraction of sp³-hybridized carbons (Fsp3) is 0.222. The monoisotopic (exact) mass is 344 g/mol. The lowest BCUT2D eigenvalue weighted by Crippen LogP contribution is -2.37. The first-order chi connectivity index (χ1) is 12.0. The summed E-state index contributed by atoms with van der Waals surface area (Å²) < 4.78 is 24.0. The highest BCUT2D eigenvalue weighted by atomic mass is 19.1. The minimum atomic E-state index is -0.385. The third kappa shape index (κ3) is 4.06. The molecule has 25 heavy (non-hydrogen) atoms. The zero-order valence-corrected chi connectivity index (χ0v) is 13.5. The van der Waals surface area contributed by atoms with Crippen molar-refractivity contribution in [1.29, 1.82) is 0 Å². The molecule has 2 amide bonds. The van der Waals surface area contributed by atoms with Gasteiger partial charge in [0, 0.05) is 6.07 Å². The molecule has 0 radical (unpaired) electrons. The van der Waals surface area contributed by atoms with E-state index in [1.54, 1.807) is 37.3 Å². The molecular weight excluding hydrogens is 327 g/mol. The van der Waals surface area contributed by atoms with E-state index in [0.29, 0.717) is 22.7 Å². The van der Waals surface area contributed by atoms with Gasteiger partial charge in [-0.15, -0.1) is 0 Å². The SMILES string of the molecule is CC(COc1cccc(F)c1)NC(=O)c1cccc2c1OCC(=O)N2. The number of amides is 2. The Hall–Kier alpha value is -3.09. The third-order valence-electron chi connectivity index (χ3n) is 3.55. The van der Waals surface area contributed by atoms with E-state index in [4.69, 9.17) is 9.47 Å². The van der Waals surface area contributed by atoms with E-state index in [1.807, 2.05) is 0 Å². The van der Waals surface area contributed by atoms with Gasteiger partial charge in [-0.25, -0.2) is 4.39 Å². The van der Waals surface area contributed by atoms with Crippen LogP contribution in [-0.4, -0.2) is 31.1 Å². The summed E-state index contributed by atoms with van der Waals surface area (Å²) in [6, 6.07) is 10.4. The first-order valence-electron chi connectivity index (χ1n) is 7.78. The van der Waals surface area contributed by atoms with E-state index in [0.717, 1.165) is 0 Å². The Kier molecular flexibility index (Phi) is 4.83. The van der Waals surface area contributed by atoms with Gasteiger partial charge in [-0.3, -0.25) is 9.59 Å². The van der Waals surface area contributed by atoms with Crippen LogP contribution in [0.3, 0.4) is 0 Å². The number of hydrogen-bond donors (Lipinski definition) is 2. The van der Waals surface area contributed by atoms with Crippen LogP contribution in [0.4, 0.5) is 10.1 Å².